The van der Waals surface area contributed by atoms with Gasteiger partial charge >= 0.3 is 6.09 Å². The van der Waals surface area contributed by atoms with Gasteiger partial charge in [-0.3, -0.25) is 4.79 Å². The van der Waals surface area contributed by atoms with E-state index in [1.807, 2.05) is 18.2 Å². The number of fused-ring (bicyclic) bond motifs is 1. The molecule has 2 heterocycles. The molecule has 1 N–H and O–H groups in total. The first-order chi connectivity index (χ1) is 21.0. The number of carbonyl (C=O) groups excluding carboxylic acids is 2. The maximum Gasteiger partial charge on any atom is 0.421 e. The summed E-state index contributed by atoms with van der Waals surface area (Å²) < 4.78 is 48.9. The number of amides is 2. The zero-order valence-corrected chi connectivity index (χ0v) is 24.7. The molecule has 5 rings (SSSR count). The molecule has 1 radical (unpaired) electrons. The van der Waals surface area contributed by atoms with Crippen molar-refractivity contribution in [2.75, 3.05) is 23.6 Å². The lowest BCUT2D eigenvalue weighted by Crippen LogP contribution is -2.27. The smallest absolute Gasteiger partial charge is 0.421 e. The van der Waals surface area contributed by atoms with Crippen molar-refractivity contribution in [3.05, 3.63) is 104 Å². The lowest BCUT2D eigenvalue weighted by molar-refractivity contribution is -0.117. The molecule has 2 amide bonds. The van der Waals surface area contributed by atoms with Crippen LogP contribution >= 0.6 is 0 Å². The third kappa shape index (κ3) is 6.22. The summed E-state index contributed by atoms with van der Waals surface area (Å²) in [7, 11) is 0.998. The van der Waals surface area contributed by atoms with Crippen LogP contribution in [0.4, 0.5) is 26.5 Å². The predicted molar refractivity (Wildman–Crippen MR) is 162 cm³/mol. The molecule has 11 nitrogen and oxygen atoms in total. The second-order valence-electron chi connectivity index (χ2n) is 9.82. The van der Waals surface area contributed by atoms with Crippen LogP contribution in [0.2, 0.25) is 0 Å². The van der Waals surface area contributed by atoms with Crippen molar-refractivity contribution in [1.29, 1.82) is 0 Å². The number of aromatic nitrogens is 3. The van der Waals surface area contributed by atoms with Gasteiger partial charge in [0.15, 0.2) is 15.5 Å². The molecule has 0 aliphatic heterocycles. The van der Waals surface area contributed by atoms with Crippen LogP contribution in [-0.2, 0) is 19.4 Å². The predicted octanol–water partition coefficient (Wildman–Crippen LogP) is 5.76. The van der Waals surface area contributed by atoms with Crippen molar-refractivity contribution in [2.45, 2.75) is 17.7 Å². The highest BCUT2D eigenvalue weighted by Gasteiger charge is 2.27. The Morgan fingerprint density at radius 2 is 1.68 bits per heavy atom. The van der Waals surface area contributed by atoms with Crippen molar-refractivity contribution in [2.24, 2.45) is 0 Å². The summed E-state index contributed by atoms with van der Waals surface area (Å²) in [5.74, 6) is -1.05. The molecule has 0 bridgehead atoms. The van der Waals surface area contributed by atoms with E-state index < -0.39 is 21.8 Å². The number of pyridine rings is 1. The van der Waals surface area contributed by atoms with E-state index in [0.29, 0.717) is 16.9 Å². The molecule has 0 spiro atoms. The number of nitrogens with zero attached hydrogens (tertiary/aromatic N) is 4. The topological polar surface area (TPSA) is 132 Å². The van der Waals surface area contributed by atoms with Crippen LogP contribution in [-0.4, -0.2) is 48.4 Å². The summed E-state index contributed by atoms with van der Waals surface area (Å²) in [5.41, 5.74) is 3.45. The van der Waals surface area contributed by atoms with Gasteiger partial charge in [0.2, 0.25) is 5.91 Å². The monoisotopic (exact) mass is 616 g/mol. The number of rotatable bonds is 8. The fourth-order valence-corrected chi connectivity index (χ4v) is 5.10. The van der Waals surface area contributed by atoms with Crippen molar-refractivity contribution in [3.63, 3.8) is 0 Å². The number of hydrogen-bond donors (Lipinski definition) is 1. The van der Waals surface area contributed by atoms with Crippen molar-refractivity contribution in [1.82, 2.24) is 14.6 Å². The number of hydrogen-bond acceptors (Lipinski definition) is 8. The Morgan fingerprint density at radius 1 is 1.00 bits per heavy atom. The van der Waals surface area contributed by atoms with Gasteiger partial charge < -0.3 is 14.8 Å². The number of ether oxygens (including phenoxy) is 2. The molecular formula is C31H27FN5O6S. The first-order valence-corrected chi connectivity index (χ1v) is 15.0. The first-order valence-electron chi connectivity index (χ1n) is 13.2. The van der Waals surface area contributed by atoms with Crippen molar-refractivity contribution >= 4 is 44.8 Å². The Bertz CT molecular complexity index is 1960. The number of carbonyl (C=O) groups is 2. The van der Waals surface area contributed by atoms with Crippen molar-refractivity contribution < 1.29 is 31.9 Å². The highest BCUT2D eigenvalue weighted by Crippen LogP contribution is 2.35. The second kappa shape index (κ2) is 12.1. The fraction of sp³-hybridized carbons (Fsp3) is 0.129. The zero-order chi connectivity index (χ0) is 31.6. The van der Waals surface area contributed by atoms with Crippen molar-refractivity contribution in [3.8, 4) is 16.9 Å². The number of benzene rings is 3. The molecule has 3 aromatic carbocycles. The molecular weight excluding hydrogens is 589 g/mol. The number of halogens is 1. The van der Waals surface area contributed by atoms with E-state index in [1.165, 1.54) is 42.0 Å². The molecule has 225 valence electrons. The first kappa shape index (κ1) is 30.2. The molecule has 44 heavy (non-hydrogen) atoms. The normalized spacial score (nSPS) is 12.0. The van der Waals surface area contributed by atoms with E-state index in [0.717, 1.165) is 22.3 Å². The van der Waals surface area contributed by atoms with Crippen LogP contribution < -0.4 is 15.0 Å². The quantitative estimate of drug-likeness (QED) is 0.233. The maximum atomic E-state index is 13.2. The van der Waals surface area contributed by atoms with Gasteiger partial charge in [-0.25, -0.2) is 27.0 Å². The Morgan fingerprint density at radius 3 is 2.32 bits per heavy atom. The molecule has 1 atom stereocenters. The largest absolute Gasteiger partial charge is 0.495 e. The number of anilines is 3. The Kier molecular flexibility index (Phi) is 8.32. The molecule has 13 heteroatoms. The molecule has 0 saturated carbocycles. The molecule has 0 aliphatic rings. The van der Waals surface area contributed by atoms with Crippen LogP contribution in [0, 0.1) is 12.9 Å². The van der Waals surface area contributed by atoms with Crippen LogP contribution in [0.1, 0.15) is 18.4 Å². The van der Waals surface area contributed by atoms with Gasteiger partial charge in [-0.05, 0) is 66.6 Å². The van der Waals surface area contributed by atoms with Gasteiger partial charge in [-0.15, -0.1) is 5.10 Å². The standard InChI is InChI=1S/C31H27FN5O6S/c1-19(20-5-10-23(32)11-6-20)29(38)33-24-12-7-21(8-13-24)22-9-16-28-34-30(35-36(28)18-22)37(31(39)43-3)26-15-14-25(44(4,40)41)17-27(26)42-2/h5-19H,3H2,1-2,4H3,(H,33,38)/t19-/m1/s1. The SMILES string of the molecule is [CH2]OC(=O)N(c1nc2ccc(-c3ccc(NC(=O)[C@H](C)c4ccc(F)cc4)cc3)cn2n1)c1ccc(S(C)(=O)=O)cc1OC. The van der Waals surface area contributed by atoms with Crippen LogP contribution in [0.25, 0.3) is 16.8 Å². The summed E-state index contributed by atoms with van der Waals surface area (Å²) in [5, 5.41) is 7.32. The summed E-state index contributed by atoms with van der Waals surface area (Å²) in [4.78, 5) is 31.0. The summed E-state index contributed by atoms with van der Waals surface area (Å²) >= 11 is 0. The van der Waals surface area contributed by atoms with E-state index >= 15 is 0 Å². The average Bonchev–Trinajstić information content (AvgIpc) is 3.43. The third-order valence-electron chi connectivity index (χ3n) is 6.90. The van der Waals surface area contributed by atoms with E-state index in [9.17, 15) is 22.4 Å². The minimum Gasteiger partial charge on any atom is -0.495 e. The second-order valence-corrected chi connectivity index (χ2v) is 11.8. The maximum absolute atomic E-state index is 13.2. The Balaban J connectivity index is 1.40. The molecule has 0 aliphatic carbocycles. The third-order valence-corrected chi connectivity index (χ3v) is 8.01. The highest BCUT2D eigenvalue weighted by atomic mass is 32.2. The Labute approximate surface area is 252 Å². The van der Waals surface area contributed by atoms with Gasteiger partial charge in [0.05, 0.1) is 23.6 Å². The van der Waals surface area contributed by atoms with E-state index in [2.05, 4.69) is 22.5 Å². The number of methoxy groups -OCH3 is 1. The summed E-state index contributed by atoms with van der Waals surface area (Å²) in [6.07, 6.45) is 1.86. The van der Waals surface area contributed by atoms with Gasteiger partial charge in [-0.1, -0.05) is 24.3 Å². The molecule has 0 fully saturated rings. The van der Waals surface area contributed by atoms with Gasteiger partial charge in [-0.2, -0.15) is 4.98 Å². The van der Waals surface area contributed by atoms with E-state index in [1.54, 1.807) is 43.5 Å². The van der Waals surface area contributed by atoms with Crippen LogP contribution in [0.15, 0.2) is 90.0 Å². The molecule has 0 saturated heterocycles. The highest BCUT2D eigenvalue weighted by molar-refractivity contribution is 7.90. The van der Waals surface area contributed by atoms with Gasteiger partial charge in [0.1, 0.15) is 18.7 Å². The van der Waals surface area contributed by atoms with Crippen LogP contribution in [0.3, 0.4) is 0 Å². The van der Waals surface area contributed by atoms with Gasteiger partial charge in [0, 0.05) is 29.8 Å². The lowest BCUT2D eigenvalue weighted by Gasteiger charge is -2.20. The average molecular weight is 617 g/mol. The summed E-state index contributed by atoms with van der Waals surface area (Å²) in [6, 6.07) is 20.6. The zero-order valence-electron chi connectivity index (χ0n) is 23.9. The molecule has 5 aromatic rings. The lowest BCUT2D eigenvalue weighted by atomic mass is 10.00. The number of sulfone groups is 1. The summed E-state index contributed by atoms with van der Waals surface area (Å²) in [6.45, 7) is 1.75. The molecule has 2 aromatic heterocycles. The minimum absolute atomic E-state index is 0.00150. The van der Waals surface area contributed by atoms with E-state index in [-0.39, 0.29) is 34.0 Å². The van der Waals surface area contributed by atoms with Gasteiger partial charge in [0.25, 0.3) is 5.95 Å². The molecule has 0 unspecified atom stereocenters. The Hall–Kier alpha value is -5.30. The number of nitrogens with one attached hydrogen (secondary N) is 1. The van der Waals surface area contributed by atoms with Crippen LogP contribution in [0.5, 0.6) is 5.75 Å². The fourth-order valence-electron chi connectivity index (χ4n) is 4.46. The minimum atomic E-state index is -3.54. The van der Waals surface area contributed by atoms with E-state index in [4.69, 9.17) is 9.47 Å².